The lowest BCUT2D eigenvalue weighted by molar-refractivity contribution is -0.158. The molecule has 0 radical (unpaired) electrons. The maximum atomic E-state index is 12.3. The quantitative estimate of drug-likeness (QED) is 0.843. The van der Waals surface area contributed by atoms with Crippen molar-refractivity contribution in [3.63, 3.8) is 0 Å². The van der Waals surface area contributed by atoms with Crippen LogP contribution in [0.2, 0.25) is 0 Å². The van der Waals surface area contributed by atoms with E-state index in [1.54, 1.807) is 4.90 Å². The minimum absolute atomic E-state index is 0.0149. The fourth-order valence-corrected chi connectivity index (χ4v) is 3.26. The molecule has 2 heterocycles. The molecule has 2 aliphatic rings. The first kappa shape index (κ1) is 14.3. The van der Waals surface area contributed by atoms with Gasteiger partial charge in [0.15, 0.2) is 0 Å². The highest BCUT2D eigenvalue weighted by atomic mass is 16.5. The van der Waals surface area contributed by atoms with Gasteiger partial charge in [-0.15, -0.1) is 0 Å². The van der Waals surface area contributed by atoms with E-state index in [-0.39, 0.29) is 12.0 Å². The number of nitrogens with zero attached hydrogens (tertiary/aromatic N) is 1. The summed E-state index contributed by atoms with van der Waals surface area (Å²) in [5.41, 5.74) is -0.749. The highest BCUT2D eigenvalue weighted by Crippen LogP contribution is 2.35. The van der Waals surface area contributed by atoms with E-state index < -0.39 is 11.4 Å². The first-order valence-corrected chi connectivity index (χ1v) is 7.23. The summed E-state index contributed by atoms with van der Waals surface area (Å²) in [5, 5.41) is 9.52. The lowest BCUT2D eigenvalue weighted by Gasteiger charge is -2.40. The number of carbonyl (C=O) groups is 2. The Balaban J connectivity index is 2.06. The zero-order chi connectivity index (χ0) is 13.9. The molecule has 0 aromatic heterocycles. The number of carbonyl (C=O) groups excluding carboxylic acids is 1. The largest absolute Gasteiger partial charge is 0.481 e. The molecule has 0 aliphatic carbocycles. The third-order valence-electron chi connectivity index (χ3n) is 4.28. The molecule has 2 atom stereocenters. The van der Waals surface area contributed by atoms with Crippen molar-refractivity contribution in [2.75, 3.05) is 19.7 Å². The molecule has 5 nitrogen and oxygen atoms in total. The van der Waals surface area contributed by atoms with Crippen molar-refractivity contribution in [2.24, 2.45) is 5.41 Å². The van der Waals surface area contributed by atoms with Crippen LogP contribution in [0.4, 0.5) is 0 Å². The summed E-state index contributed by atoms with van der Waals surface area (Å²) >= 11 is 0. The number of hydrogen-bond acceptors (Lipinski definition) is 3. The van der Waals surface area contributed by atoms with Gasteiger partial charge in [-0.25, -0.2) is 0 Å². The van der Waals surface area contributed by atoms with Crippen LogP contribution in [0.5, 0.6) is 0 Å². The Morgan fingerprint density at radius 2 is 2.21 bits per heavy atom. The molecule has 19 heavy (non-hydrogen) atoms. The lowest BCUT2D eigenvalue weighted by atomic mass is 9.76. The predicted octanol–water partition coefficient (Wildman–Crippen LogP) is 1.66. The van der Waals surface area contributed by atoms with E-state index in [2.05, 4.69) is 0 Å². The van der Waals surface area contributed by atoms with E-state index in [1.165, 1.54) is 0 Å². The Hall–Kier alpha value is -1.10. The molecule has 1 amide bonds. The monoisotopic (exact) mass is 269 g/mol. The van der Waals surface area contributed by atoms with E-state index in [0.717, 1.165) is 25.7 Å². The summed E-state index contributed by atoms with van der Waals surface area (Å²) in [6.07, 6.45) is 4.25. The number of ether oxygens (including phenoxy) is 1. The van der Waals surface area contributed by atoms with Crippen molar-refractivity contribution in [3.8, 4) is 0 Å². The van der Waals surface area contributed by atoms with E-state index in [9.17, 15) is 14.7 Å². The maximum Gasteiger partial charge on any atom is 0.311 e. The zero-order valence-corrected chi connectivity index (χ0v) is 11.6. The minimum Gasteiger partial charge on any atom is -0.481 e. The molecule has 2 saturated heterocycles. The van der Waals surface area contributed by atoms with Gasteiger partial charge in [0.05, 0.1) is 5.41 Å². The summed E-state index contributed by atoms with van der Waals surface area (Å²) in [6, 6.07) is 0. The highest BCUT2D eigenvalue weighted by Gasteiger charge is 2.44. The molecule has 5 heteroatoms. The Kier molecular flexibility index (Phi) is 4.45. The van der Waals surface area contributed by atoms with Crippen LogP contribution in [0.25, 0.3) is 0 Å². The van der Waals surface area contributed by atoms with Gasteiger partial charge in [-0.1, -0.05) is 13.3 Å². The first-order chi connectivity index (χ1) is 9.09. The number of rotatable bonds is 4. The molecule has 2 rings (SSSR count). The second-order valence-corrected chi connectivity index (χ2v) is 5.70. The molecule has 1 unspecified atom stereocenters. The van der Waals surface area contributed by atoms with Crippen molar-refractivity contribution in [1.82, 2.24) is 4.90 Å². The number of carboxylic acids is 1. The normalized spacial score (nSPS) is 31.4. The van der Waals surface area contributed by atoms with Gasteiger partial charge in [-0.05, 0) is 32.1 Å². The molecule has 1 N–H and O–H groups in total. The van der Waals surface area contributed by atoms with Crippen molar-refractivity contribution in [3.05, 3.63) is 0 Å². The van der Waals surface area contributed by atoms with Crippen LogP contribution >= 0.6 is 0 Å². The second-order valence-electron chi connectivity index (χ2n) is 5.70. The van der Waals surface area contributed by atoms with Crippen LogP contribution in [-0.4, -0.2) is 47.7 Å². The molecular formula is C14H23NO4. The fourth-order valence-electron chi connectivity index (χ4n) is 3.26. The Labute approximate surface area is 113 Å². The van der Waals surface area contributed by atoms with Crippen LogP contribution in [0.15, 0.2) is 0 Å². The summed E-state index contributed by atoms with van der Waals surface area (Å²) in [7, 11) is 0. The van der Waals surface area contributed by atoms with Crippen LogP contribution in [0.3, 0.4) is 0 Å². The fraction of sp³-hybridized carbons (Fsp3) is 0.857. The molecule has 2 aliphatic heterocycles. The number of hydrogen-bond donors (Lipinski definition) is 1. The average Bonchev–Trinajstić information content (AvgIpc) is 2.92. The molecule has 0 bridgehead atoms. The second kappa shape index (κ2) is 5.90. The minimum atomic E-state index is -0.765. The summed E-state index contributed by atoms with van der Waals surface area (Å²) in [5.74, 6) is -0.780. The van der Waals surface area contributed by atoms with Gasteiger partial charge in [0.25, 0.3) is 5.91 Å². The number of aliphatic carboxylic acids is 1. The van der Waals surface area contributed by atoms with Crippen molar-refractivity contribution in [2.45, 2.75) is 51.6 Å². The molecular weight excluding hydrogens is 246 g/mol. The Bertz CT molecular complexity index is 347. The SMILES string of the molecule is CCCC1(C(=O)O)CCCN(C(=O)[C@@H]2CCCO2)C1. The van der Waals surface area contributed by atoms with Crippen molar-refractivity contribution in [1.29, 1.82) is 0 Å². The topological polar surface area (TPSA) is 66.8 Å². The zero-order valence-electron chi connectivity index (χ0n) is 11.6. The van der Waals surface area contributed by atoms with E-state index in [0.29, 0.717) is 32.5 Å². The van der Waals surface area contributed by atoms with E-state index in [1.807, 2.05) is 6.92 Å². The first-order valence-electron chi connectivity index (χ1n) is 7.23. The van der Waals surface area contributed by atoms with E-state index >= 15 is 0 Å². The number of likely N-dealkylation sites (tertiary alicyclic amines) is 1. The van der Waals surface area contributed by atoms with Crippen LogP contribution in [0, 0.1) is 5.41 Å². The molecule has 0 aromatic carbocycles. The highest BCUT2D eigenvalue weighted by molar-refractivity contribution is 5.83. The average molecular weight is 269 g/mol. The van der Waals surface area contributed by atoms with E-state index in [4.69, 9.17) is 4.74 Å². The van der Waals surface area contributed by atoms with Gasteiger partial charge in [0, 0.05) is 19.7 Å². The van der Waals surface area contributed by atoms with Crippen LogP contribution < -0.4 is 0 Å². The maximum absolute atomic E-state index is 12.3. The smallest absolute Gasteiger partial charge is 0.311 e. The molecule has 0 saturated carbocycles. The predicted molar refractivity (Wildman–Crippen MR) is 69.8 cm³/mol. The van der Waals surface area contributed by atoms with Gasteiger partial charge in [0.2, 0.25) is 0 Å². The summed E-state index contributed by atoms with van der Waals surface area (Å²) in [6.45, 7) is 3.64. The molecule has 2 fully saturated rings. The Morgan fingerprint density at radius 1 is 1.42 bits per heavy atom. The van der Waals surface area contributed by atoms with Gasteiger partial charge >= 0.3 is 5.97 Å². The van der Waals surface area contributed by atoms with Crippen LogP contribution in [-0.2, 0) is 14.3 Å². The third-order valence-corrected chi connectivity index (χ3v) is 4.28. The summed E-state index contributed by atoms with van der Waals surface area (Å²) < 4.78 is 5.42. The number of carboxylic acid groups (broad SMARTS) is 1. The van der Waals surface area contributed by atoms with Gasteiger partial charge < -0.3 is 14.7 Å². The molecule has 0 aromatic rings. The Morgan fingerprint density at radius 3 is 2.79 bits per heavy atom. The van der Waals surface area contributed by atoms with Gasteiger partial charge in [0.1, 0.15) is 6.10 Å². The van der Waals surface area contributed by atoms with Crippen molar-refractivity contribution < 1.29 is 19.4 Å². The lowest BCUT2D eigenvalue weighted by Crippen LogP contribution is -2.52. The van der Waals surface area contributed by atoms with Gasteiger partial charge in [-0.2, -0.15) is 0 Å². The summed E-state index contributed by atoms with van der Waals surface area (Å²) in [4.78, 5) is 25.6. The standard InChI is InChI=1S/C14H23NO4/c1-2-6-14(13(17)18)7-4-8-15(10-14)12(16)11-5-3-9-19-11/h11H,2-10H2,1H3,(H,17,18)/t11-,14?/m0/s1. The third kappa shape index (κ3) is 2.91. The molecule has 108 valence electrons. The number of amides is 1. The van der Waals surface area contributed by atoms with Gasteiger partial charge in [-0.3, -0.25) is 9.59 Å². The van der Waals surface area contributed by atoms with Crippen LogP contribution in [0.1, 0.15) is 45.4 Å². The van der Waals surface area contributed by atoms with Crippen molar-refractivity contribution >= 4 is 11.9 Å². The molecule has 0 spiro atoms. The number of piperidine rings is 1.